The number of para-hydroxylation sites is 1. The van der Waals surface area contributed by atoms with Crippen LogP contribution < -0.4 is 5.32 Å². The molecule has 2 fully saturated rings. The lowest BCUT2D eigenvalue weighted by Crippen LogP contribution is -2.53. The van der Waals surface area contributed by atoms with E-state index in [2.05, 4.69) is 5.32 Å². The van der Waals surface area contributed by atoms with Crippen molar-refractivity contribution in [3.8, 4) is 0 Å². The number of piperidine rings is 1. The summed E-state index contributed by atoms with van der Waals surface area (Å²) in [6.07, 6.45) is 3.51. The summed E-state index contributed by atoms with van der Waals surface area (Å²) in [6.45, 7) is 0.177. The number of carbonyl (C=O) groups excluding carboxylic acids is 2. The summed E-state index contributed by atoms with van der Waals surface area (Å²) in [7, 11) is -3.86. The normalized spacial score (nSPS) is 22.4. The number of sulfonamides is 1. The monoisotopic (exact) mass is 446 g/mol. The van der Waals surface area contributed by atoms with Crippen molar-refractivity contribution in [3.05, 3.63) is 59.1 Å². The largest absolute Gasteiger partial charge is 0.322 e. The molecule has 0 bridgehead atoms. The fraction of sp³-hybridized carbons (Fsp3) is 0.364. The van der Waals surface area contributed by atoms with Gasteiger partial charge in [0.15, 0.2) is 0 Å². The number of hydrogen-bond donors (Lipinski definition) is 1. The Morgan fingerprint density at radius 3 is 2.57 bits per heavy atom. The van der Waals surface area contributed by atoms with Crippen molar-refractivity contribution in [2.75, 3.05) is 11.9 Å². The van der Waals surface area contributed by atoms with Gasteiger partial charge in [0.05, 0.1) is 15.5 Å². The van der Waals surface area contributed by atoms with Crippen LogP contribution in [0.5, 0.6) is 0 Å². The van der Waals surface area contributed by atoms with Gasteiger partial charge in [0.1, 0.15) is 5.78 Å². The highest BCUT2D eigenvalue weighted by Crippen LogP contribution is 2.37. The summed E-state index contributed by atoms with van der Waals surface area (Å²) in [5, 5.41) is 2.90. The number of hydrogen-bond acceptors (Lipinski definition) is 4. The van der Waals surface area contributed by atoms with E-state index in [0.29, 0.717) is 12.1 Å². The average Bonchev–Trinajstić information content (AvgIpc) is 2.75. The maximum Gasteiger partial charge on any atom is 0.257 e. The van der Waals surface area contributed by atoms with Crippen LogP contribution in [0.25, 0.3) is 0 Å². The third-order valence-electron chi connectivity index (χ3n) is 5.91. The highest BCUT2D eigenvalue weighted by Gasteiger charge is 2.43. The van der Waals surface area contributed by atoms with Crippen LogP contribution in [0.2, 0.25) is 5.02 Å². The molecule has 1 amide bonds. The number of ketones is 1. The van der Waals surface area contributed by atoms with Crippen molar-refractivity contribution >= 4 is 39.0 Å². The minimum Gasteiger partial charge on any atom is -0.322 e. The van der Waals surface area contributed by atoms with E-state index in [1.165, 1.54) is 22.5 Å². The van der Waals surface area contributed by atoms with Gasteiger partial charge in [-0.3, -0.25) is 9.59 Å². The number of amides is 1. The van der Waals surface area contributed by atoms with Crippen molar-refractivity contribution in [1.29, 1.82) is 0 Å². The maximum atomic E-state index is 13.4. The Labute approximate surface area is 181 Å². The van der Waals surface area contributed by atoms with Gasteiger partial charge in [0.2, 0.25) is 10.0 Å². The molecular formula is C22H23ClN2O4S. The van der Waals surface area contributed by atoms with Crippen molar-refractivity contribution in [3.63, 3.8) is 0 Å². The van der Waals surface area contributed by atoms with Crippen LogP contribution in [0.15, 0.2) is 53.4 Å². The van der Waals surface area contributed by atoms with Gasteiger partial charge in [-0.15, -0.1) is 0 Å². The molecule has 1 saturated carbocycles. The zero-order chi connectivity index (χ0) is 21.3. The number of carbonyl (C=O) groups is 2. The van der Waals surface area contributed by atoms with Gasteiger partial charge in [-0.05, 0) is 43.2 Å². The molecule has 0 spiro atoms. The Kier molecular flexibility index (Phi) is 5.95. The molecule has 2 atom stereocenters. The van der Waals surface area contributed by atoms with E-state index in [1.54, 1.807) is 24.3 Å². The number of benzene rings is 2. The van der Waals surface area contributed by atoms with Crippen molar-refractivity contribution in [2.24, 2.45) is 5.92 Å². The van der Waals surface area contributed by atoms with Crippen LogP contribution >= 0.6 is 11.6 Å². The van der Waals surface area contributed by atoms with Gasteiger partial charge in [0.25, 0.3) is 5.91 Å². The lowest BCUT2D eigenvalue weighted by atomic mass is 9.79. The fourth-order valence-electron chi connectivity index (χ4n) is 4.40. The molecule has 6 nitrogen and oxygen atoms in total. The van der Waals surface area contributed by atoms with Crippen molar-refractivity contribution in [2.45, 2.75) is 43.0 Å². The standard InChI is InChI=1S/C22H23ClN2O4S/c23-19-11-10-16(14-18(19)22(27)24-15-6-2-1-3-7-15)30(28,29)25-13-12-21(26)17-8-4-5-9-20(17)25/h1-3,6-7,10-11,14,17,20H,4-5,8-9,12-13H2,(H,24,27)/t17-,20+/m0/s1. The van der Waals surface area contributed by atoms with Gasteiger partial charge in [0, 0.05) is 30.6 Å². The van der Waals surface area contributed by atoms with E-state index >= 15 is 0 Å². The lowest BCUT2D eigenvalue weighted by Gasteiger charge is -2.42. The average molecular weight is 447 g/mol. The molecule has 0 radical (unpaired) electrons. The summed E-state index contributed by atoms with van der Waals surface area (Å²) in [6, 6.07) is 12.8. The second-order valence-electron chi connectivity index (χ2n) is 7.75. The predicted molar refractivity (Wildman–Crippen MR) is 115 cm³/mol. The lowest BCUT2D eigenvalue weighted by molar-refractivity contribution is -0.128. The second-order valence-corrected chi connectivity index (χ2v) is 10.0. The molecule has 1 heterocycles. The Bertz CT molecular complexity index is 1070. The smallest absolute Gasteiger partial charge is 0.257 e. The predicted octanol–water partition coefficient (Wildman–Crippen LogP) is 4.11. The van der Waals surface area contributed by atoms with Gasteiger partial charge >= 0.3 is 0 Å². The molecule has 1 saturated heterocycles. The third kappa shape index (κ3) is 4.02. The number of nitrogens with one attached hydrogen (secondary N) is 1. The summed E-state index contributed by atoms with van der Waals surface area (Å²) >= 11 is 6.21. The Morgan fingerprint density at radius 1 is 1.07 bits per heavy atom. The summed E-state index contributed by atoms with van der Waals surface area (Å²) < 4.78 is 28.3. The second kappa shape index (κ2) is 8.49. The third-order valence-corrected chi connectivity index (χ3v) is 8.16. The number of halogens is 1. The first-order valence-electron chi connectivity index (χ1n) is 10.1. The minimum absolute atomic E-state index is 0.0174. The zero-order valence-corrected chi connectivity index (χ0v) is 18.0. The van der Waals surface area contributed by atoms with Crippen molar-refractivity contribution in [1.82, 2.24) is 4.31 Å². The maximum absolute atomic E-state index is 13.4. The Morgan fingerprint density at radius 2 is 1.80 bits per heavy atom. The van der Waals surface area contributed by atoms with E-state index in [-0.39, 0.29) is 46.2 Å². The molecular weight excluding hydrogens is 424 g/mol. The quantitative estimate of drug-likeness (QED) is 0.765. The first-order valence-corrected chi connectivity index (χ1v) is 11.9. The summed E-state index contributed by atoms with van der Waals surface area (Å²) in [4.78, 5) is 25.0. The molecule has 0 aromatic heterocycles. The molecule has 8 heteroatoms. The molecule has 1 aliphatic carbocycles. The molecule has 30 heavy (non-hydrogen) atoms. The van der Waals surface area contributed by atoms with E-state index in [4.69, 9.17) is 11.6 Å². The topological polar surface area (TPSA) is 83.6 Å². The van der Waals surface area contributed by atoms with Crippen LogP contribution in [-0.4, -0.2) is 37.0 Å². The fourth-order valence-corrected chi connectivity index (χ4v) is 6.32. The SMILES string of the molecule is O=C(Nc1ccccc1)c1cc(S(=O)(=O)N2CCC(=O)[C@H]3CCCC[C@H]32)ccc1Cl. The molecule has 2 aromatic rings. The Hall–Kier alpha value is -2.22. The van der Waals surface area contributed by atoms with E-state index in [1.807, 2.05) is 6.07 Å². The molecule has 158 valence electrons. The van der Waals surface area contributed by atoms with Gasteiger partial charge < -0.3 is 5.32 Å². The number of Topliss-reactive ketones (excluding diaryl/α,β-unsaturated/α-hetero) is 1. The first kappa shape index (κ1) is 21.0. The number of nitrogens with zero attached hydrogens (tertiary/aromatic N) is 1. The Balaban J connectivity index is 1.64. The molecule has 2 aromatic carbocycles. The van der Waals surface area contributed by atoms with E-state index in [0.717, 1.165) is 19.3 Å². The van der Waals surface area contributed by atoms with E-state index < -0.39 is 15.9 Å². The van der Waals surface area contributed by atoms with Crippen molar-refractivity contribution < 1.29 is 18.0 Å². The van der Waals surface area contributed by atoms with Crippen LogP contribution in [-0.2, 0) is 14.8 Å². The van der Waals surface area contributed by atoms with Crippen LogP contribution in [0.1, 0.15) is 42.5 Å². The highest BCUT2D eigenvalue weighted by molar-refractivity contribution is 7.89. The molecule has 4 rings (SSSR count). The molecule has 1 aliphatic heterocycles. The van der Waals surface area contributed by atoms with Gasteiger partial charge in [-0.25, -0.2) is 8.42 Å². The van der Waals surface area contributed by atoms with Gasteiger partial charge in [-0.1, -0.05) is 42.6 Å². The highest BCUT2D eigenvalue weighted by atomic mass is 35.5. The molecule has 0 unspecified atom stereocenters. The number of fused-ring (bicyclic) bond motifs is 1. The number of rotatable bonds is 4. The van der Waals surface area contributed by atoms with Crippen LogP contribution in [0.3, 0.4) is 0 Å². The zero-order valence-electron chi connectivity index (χ0n) is 16.4. The van der Waals surface area contributed by atoms with Crippen LogP contribution in [0.4, 0.5) is 5.69 Å². The first-order chi connectivity index (χ1) is 14.4. The summed E-state index contributed by atoms with van der Waals surface area (Å²) in [5.74, 6) is -0.548. The molecule has 2 aliphatic rings. The summed E-state index contributed by atoms with van der Waals surface area (Å²) in [5.41, 5.74) is 0.682. The minimum atomic E-state index is -3.86. The van der Waals surface area contributed by atoms with Crippen LogP contribution in [0, 0.1) is 5.92 Å². The number of anilines is 1. The molecule has 1 N–H and O–H groups in total. The van der Waals surface area contributed by atoms with Gasteiger partial charge in [-0.2, -0.15) is 4.31 Å². The van der Waals surface area contributed by atoms with E-state index in [9.17, 15) is 18.0 Å².